The number of hydrogen-bond acceptors (Lipinski definition) is 3. The van der Waals surface area contributed by atoms with Gasteiger partial charge in [0.05, 0.1) is 0 Å². The lowest BCUT2D eigenvalue weighted by atomic mass is 9.69. The van der Waals surface area contributed by atoms with Crippen molar-refractivity contribution in [2.75, 3.05) is 14.1 Å². The van der Waals surface area contributed by atoms with Gasteiger partial charge in [-0.25, -0.2) is 14.4 Å². The minimum atomic E-state index is -0.358. The molecular weight excluding hydrogens is 307 g/mol. The quantitative estimate of drug-likeness (QED) is 0.836. The van der Waals surface area contributed by atoms with E-state index in [2.05, 4.69) is 0 Å². The minimum Gasteiger partial charge on any atom is -0.294 e. The van der Waals surface area contributed by atoms with Crippen molar-refractivity contribution in [3.05, 3.63) is 46.9 Å². The van der Waals surface area contributed by atoms with Gasteiger partial charge in [0.25, 0.3) is 0 Å². The standard InChI is InChI=1S/C19H23FN2O2/c1-19(2)10-15-18(16(23)11-19)14(9-17(24)22(15)21(3)4)12-6-5-7-13(20)8-12/h5-8,14H,9-11H2,1-4H3. The molecule has 0 spiro atoms. The Bertz CT molecular complexity index is 737. The van der Waals surface area contributed by atoms with Crippen LogP contribution in [0.25, 0.3) is 0 Å². The van der Waals surface area contributed by atoms with Gasteiger partial charge in [0.15, 0.2) is 5.78 Å². The SMILES string of the molecule is CN(C)N1C(=O)CC(c2cccc(F)c2)C2=C1CC(C)(C)CC2=O. The Morgan fingerprint density at radius 2 is 1.92 bits per heavy atom. The van der Waals surface area contributed by atoms with Crippen molar-refractivity contribution in [2.45, 2.75) is 39.0 Å². The molecule has 1 atom stereocenters. The second kappa shape index (κ2) is 5.81. The molecule has 2 aliphatic rings. The van der Waals surface area contributed by atoms with Gasteiger partial charge in [0, 0.05) is 44.1 Å². The van der Waals surface area contributed by atoms with Crippen molar-refractivity contribution in [1.29, 1.82) is 0 Å². The van der Waals surface area contributed by atoms with Gasteiger partial charge in [-0.2, -0.15) is 0 Å². The summed E-state index contributed by atoms with van der Waals surface area (Å²) in [7, 11) is 3.61. The molecule has 1 heterocycles. The highest BCUT2D eigenvalue weighted by Crippen LogP contribution is 2.47. The number of rotatable bonds is 2. The Hall–Kier alpha value is -2.01. The molecule has 0 aromatic heterocycles. The molecule has 5 heteroatoms. The zero-order valence-corrected chi connectivity index (χ0v) is 14.6. The summed E-state index contributed by atoms with van der Waals surface area (Å²) < 4.78 is 13.7. The molecule has 0 radical (unpaired) electrons. The van der Waals surface area contributed by atoms with E-state index in [4.69, 9.17) is 0 Å². The van der Waals surface area contributed by atoms with Crippen LogP contribution in [0, 0.1) is 11.2 Å². The Morgan fingerprint density at radius 1 is 1.21 bits per heavy atom. The highest BCUT2D eigenvalue weighted by Gasteiger charge is 2.44. The van der Waals surface area contributed by atoms with Crippen molar-refractivity contribution < 1.29 is 14.0 Å². The molecule has 128 valence electrons. The lowest BCUT2D eigenvalue weighted by Gasteiger charge is -2.44. The predicted molar refractivity (Wildman–Crippen MR) is 89.3 cm³/mol. The zero-order valence-electron chi connectivity index (χ0n) is 14.6. The normalized spacial score (nSPS) is 23.8. The maximum absolute atomic E-state index is 13.7. The van der Waals surface area contributed by atoms with Crippen LogP contribution in [0.5, 0.6) is 0 Å². The van der Waals surface area contributed by atoms with E-state index in [0.717, 1.165) is 5.70 Å². The summed E-state index contributed by atoms with van der Waals surface area (Å²) in [6, 6.07) is 6.23. The second-order valence-electron chi connectivity index (χ2n) is 7.67. The Morgan fingerprint density at radius 3 is 2.54 bits per heavy atom. The van der Waals surface area contributed by atoms with Gasteiger partial charge in [0.1, 0.15) is 5.82 Å². The molecule has 0 bridgehead atoms. The highest BCUT2D eigenvalue weighted by molar-refractivity contribution is 6.01. The van der Waals surface area contributed by atoms with Gasteiger partial charge in [-0.05, 0) is 29.5 Å². The Balaban J connectivity index is 2.17. The molecule has 1 aliphatic carbocycles. The molecule has 1 amide bonds. The fourth-order valence-electron chi connectivity index (χ4n) is 3.87. The molecule has 0 N–H and O–H groups in total. The van der Waals surface area contributed by atoms with Crippen LogP contribution in [-0.2, 0) is 9.59 Å². The predicted octanol–water partition coefficient (Wildman–Crippen LogP) is 3.26. The third kappa shape index (κ3) is 2.88. The summed E-state index contributed by atoms with van der Waals surface area (Å²) in [5.41, 5.74) is 1.95. The van der Waals surface area contributed by atoms with Crippen molar-refractivity contribution in [3.8, 4) is 0 Å². The third-order valence-corrected chi connectivity index (χ3v) is 4.77. The fraction of sp³-hybridized carbons (Fsp3) is 0.474. The number of amides is 1. The van der Waals surface area contributed by atoms with Crippen LogP contribution in [0.4, 0.5) is 4.39 Å². The highest BCUT2D eigenvalue weighted by atomic mass is 19.1. The second-order valence-corrected chi connectivity index (χ2v) is 7.67. The molecule has 0 saturated carbocycles. The molecule has 1 aliphatic heterocycles. The van der Waals surface area contributed by atoms with E-state index in [-0.39, 0.29) is 35.3 Å². The van der Waals surface area contributed by atoms with E-state index in [1.807, 2.05) is 13.8 Å². The molecule has 1 aromatic carbocycles. The number of carbonyl (C=O) groups excluding carboxylic acids is 2. The molecule has 3 rings (SSSR count). The van der Waals surface area contributed by atoms with E-state index in [9.17, 15) is 14.0 Å². The number of ketones is 1. The lowest BCUT2D eigenvalue weighted by Crippen LogP contribution is -2.49. The summed E-state index contributed by atoms with van der Waals surface area (Å²) in [6.45, 7) is 4.08. The topological polar surface area (TPSA) is 40.6 Å². The van der Waals surface area contributed by atoms with Gasteiger partial charge in [0.2, 0.25) is 5.91 Å². The molecular formula is C19H23FN2O2. The average Bonchev–Trinajstić information content (AvgIpc) is 2.44. The summed E-state index contributed by atoms with van der Waals surface area (Å²) in [4.78, 5) is 25.6. The number of nitrogens with zero attached hydrogens (tertiary/aromatic N) is 2. The summed E-state index contributed by atoms with van der Waals surface area (Å²) >= 11 is 0. The van der Waals surface area contributed by atoms with Crippen molar-refractivity contribution in [1.82, 2.24) is 10.0 Å². The average molecular weight is 330 g/mol. The first-order chi connectivity index (χ1) is 11.2. The monoisotopic (exact) mass is 330 g/mol. The first kappa shape index (κ1) is 16.8. The molecule has 4 nitrogen and oxygen atoms in total. The van der Waals surface area contributed by atoms with Crippen molar-refractivity contribution >= 4 is 11.7 Å². The Labute approximate surface area is 141 Å². The van der Waals surface area contributed by atoms with E-state index >= 15 is 0 Å². The molecule has 0 fully saturated rings. The maximum atomic E-state index is 13.7. The van der Waals surface area contributed by atoms with Crippen molar-refractivity contribution in [3.63, 3.8) is 0 Å². The van der Waals surface area contributed by atoms with Crippen LogP contribution < -0.4 is 0 Å². The van der Waals surface area contributed by atoms with Crippen LogP contribution in [-0.4, -0.2) is 35.8 Å². The van der Waals surface area contributed by atoms with Gasteiger partial charge in [-0.1, -0.05) is 26.0 Å². The lowest BCUT2D eigenvalue weighted by molar-refractivity contribution is -0.143. The van der Waals surface area contributed by atoms with Gasteiger partial charge in [-0.15, -0.1) is 0 Å². The van der Waals surface area contributed by atoms with Crippen molar-refractivity contribution in [2.24, 2.45) is 5.41 Å². The van der Waals surface area contributed by atoms with Crippen LogP contribution in [0.15, 0.2) is 35.5 Å². The van der Waals surface area contributed by atoms with E-state index in [0.29, 0.717) is 24.0 Å². The first-order valence-corrected chi connectivity index (χ1v) is 8.21. The van der Waals surface area contributed by atoms with Gasteiger partial charge in [-0.3, -0.25) is 9.59 Å². The number of benzene rings is 1. The van der Waals surface area contributed by atoms with Crippen LogP contribution in [0.3, 0.4) is 0 Å². The molecule has 1 aromatic rings. The summed E-state index contributed by atoms with van der Waals surface area (Å²) in [5.74, 6) is -0.697. The molecule has 0 saturated heterocycles. The van der Waals surface area contributed by atoms with Crippen LogP contribution in [0.2, 0.25) is 0 Å². The van der Waals surface area contributed by atoms with Gasteiger partial charge < -0.3 is 0 Å². The van der Waals surface area contributed by atoms with E-state index in [1.165, 1.54) is 12.1 Å². The van der Waals surface area contributed by atoms with Gasteiger partial charge >= 0.3 is 0 Å². The number of hydrazine groups is 1. The zero-order chi connectivity index (χ0) is 17.6. The van der Waals surface area contributed by atoms with E-state index in [1.54, 1.807) is 36.2 Å². The number of Topliss-reactive ketones (excluding diaryl/α,β-unsaturated/α-hetero) is 1. The Kier molecular flexibility index (Phi) is 4.08. The molecule has 24 heavy (non-hydrogen) atoms. The van der Waals surface area contributed by atoms with E-state index < -0.39 is 0 Å². The van der Waals surface area contributed by atoms with Crippen LogP contribution >= 0.6 is 0 Å². The minimum absolute atomic E-state index is 0.0569. The summed E-state index contributed by atoms with van der Waals surface area (Å²) in [5, 5.41) is 3.35. The number of hydrogen-bond donors (Lipinski definition) is 0. The largest absolute Gasteiger partial charge is 0.294 e. The van der Waals surface area contributed by atoms with Crippen LogP contribution in [0.1, 0.15) is 44.6 Å². The number of carbonyl (C=O) groups is 2. The smallest absolute Gasteiger partial charge is 0.242 e. The first-order valence-electron chi connectivity index (χ1n) is 8.21. The molecule has 1 unspecified atom stereocenters. The number of halogens is 1. The third-order valence-electron chi connectivity index (χ3n) is 4.77. The number of allylic oxidation sites excluding steroid dienone is 2. The fourth-order valence-corrected chi connectivity index (χ4v) is 3.87. The summed E-state index contributed by atoms with van der Waals surface area (Å²) in [6.07, 6.45) is 1.30. The maximum Gasteiger partial charge on any atom is 0.242 e.